The molecule has 0 radical (unpaired) electrons. The molecule has 0 bridgehead atoms. The van der Waals surface area contributed by atoms with Gasteiger partial charge in [-0.3, -0.25) is 4.79 Å². The second-order valence-electron chi connectivity index (χ2n) is 6.54. The number of carbonyl (C=O) groups excluding carboxylic acids is 1. The van der Waals surface area contributed by atoms with Crippen LogP contribution in [0, 0.1) is 6.92 Å². The Morgan fingerprint density at radius 3 is 2.31 bits per heavy atom. The van der Waals surface area contributed by atoms with Crippen LogP contribution in [0.3, 0.4) is 0 Å². The number of likely N-dealkylation sites (tertiary alicyclic amines) is 1. The molecule has 136 valence electrons. The molecule has 2 aromatic rings. The van der Waals surface area contributed by atoms with Crippen LogP contribution in [0.15, 0.2) is 48.5 Å². The molecule has 6 heteroatoms. The van der Waals surface area contributed by atoms with Gasteiger partial charge in [0.25, 0.3) is 5.91 Å². The van der Waals surface area contributed by atoms with E-state index in [1.165, 1.54) is 0 Å². The summed E-state index contributed by atoms with van der Waals surface area (Å²) in [5, 5.41) is 7.77. The lowest BCUT2D eigenvalue weighted by atomic mass is 10.0. The van der Waals surface area contributed by atoms with Crippen LogP contribution in [-0.2, 0) is 0 Å². The normalized spacial score (nSPS) is 14.8. The number of piperidine rings is 1. The minimum absolute atomic E-state index is 0.00897. The summed E-state index contributed by atoms with van der Waals surface area (Å²) in [5.74, 6) is -0.00897. The van der Waals surface area contributed by atoms with Gasteiger partial charge in [-0.15, -0.1) is 0 Å². The predicted octanol–water partition coefficient (Wildman–Crippen LogP) is 4.24. The van der Waals surface area contributed by atoms with Gasteiger partial charge < -0.3 is 15.5 Å². The third kappa shape index (κ3) is 4.96. The van der Waals surface area contributed by atoms with Crippen molar-refractivity contribution in [3.8, 4) is 0 Å². The molecule has 1 saturated heterocycles. The highest BCUT2D eigenvalue weighted by atomic mass is 35.5. The van der Waals surface area contributed by atoms with Gasteiger partial charge in [-0.2, -0.15) is 0 Å². The minimum Gasteiger partial charge on any atom is -0.349 e. The molecule has 2 N–H and O–H groups in total. The third-order valence-electron chi connectivity index (χ3n) is 4.53. The number of aryl methyl sites for hydroxylation is 1. The zero-order chi connectivity index (χ0) is 18.5. The highest BCUT2D eigenvalue weighted by Crippen LogP contribution is 2.16. The van der Waals surface area contributed by atoms with Crippen LogP contribution >= 0.6 is 23.8 Å². The highest BCUT2D eigenvalue weighted by Gasteiger charge is 2.22. The molecule has 1 amide bonds. The van der Waals surface area contributed by atoms with Crippen LogP contribution in [0.5, 0.6) is 0 Å². The van der Waals surface area contributed by atoms with Crippen LogP contribution in [0.4, 0.5) is 5.69 Å². The maximum absolute atomic E-state index is 12.3. The molecule has 2 aromatic carbocycles. The fraction of sp³-hybridized carbons (Fsp3) is 0.300. The monoisotopic (exact) mass is 387 g/mol. The molecule has 0 spiro atoms. The van der Waals surface area contributed by atoms with E-state index in [0.29, 0.717) is 15.7 Å². The van der Waals surface area contributed by atoms with Gasteiger partial charge in [0.05, 0.1) is 0 Å². The van der Waals surface area contributed by atoms with Crippen molar-refractivity contribution in [2.45, 2.75) is 25.8 Å². The van der Waals surface area contributed by atoms with Crippen LogP contribution in [-0.4, -0.2) is 35.1 Å². The van der Waals surface area contributed by atoms with E-state index in [2.05, 4.69) is 15.5 Å². The van der Waals surface area contributed by atoms with Gasteiger partial charge in [-0.05, 0) is 68.4 Å². The number of benzene rings is 2. The molecule has 4 nitrogen and oxygen atoms in total. The Morgan fingerprint density at radius 1 is 1.08 bits per heavy atom. The Hall–Kier alpha value is -2.11. The zero-order valence-electron chi connectivity index (χ0n) is 14.7. The van der Waals surface area contributed by atoms with Crippen molar-refractivity contribution >= 4 is 40.5 Å². The lowest BCUT2D eigenvalue weighted by molar-refractivity contribution is 0.0922. The molecule has 1 fully saturated rings. The Labute approximate surface area is 164 Å². The molecule has 1 aliphatic rings. The van der Waals surface area contributed by atoms with Gasteiger partial charge in [0.15, 0.2) is 5.11 Å². The van der Waals surface area contributed by atoms with Crippen LogP contribution < -0.4 is 10.6 Å². The van der Waals surface area contributed by atoms with E-state index in [4.69, 9.17) is 23.8 Å². The van der Waals surface area contributed by atoms with E-state index < -0.39 is 0 Å². The first kappa shape index (κ1) is 18.7. The van der Waals surface area contributed by atoms with Gasteiger partial charge in [0, 0.05) is 35.4 Å². The lowest BCUT2D eigenvalue weighted by Crippen LogP contribution is -2.47. The molecule has 0 aromatic heterocycles. The number of halogens is 1. The lowest BCUT2D eigenvalue weighted by Gasteiger charge is -2.34. The van der Waals surface area contributed by atoms with E-state index in [0.717, 1.165) is 37.2 Å². The number of hydrogen-bond donors (Lipinski definition) is 2. The summed E-state index contributed by atoms with van der Waals surface area (Å²) in [6, 6.07) is 15.3. The number of hydrogen-bond acceptors (Lipinski definition) is 2. The molecule has 0 atom stereocenters. The topological polar surface area (TPSA) is 44.4 Å². The quantitative estimate of drug-likeness (QED) is 0.773. The van der Waals surface area contributed by atoms with Crippen molar-refractivity contribution in [3.63, 3.8) is 0 Å². The largest absolute Gasteiger partial charge is 0.349 e. The maximum atomic E-state index is 12.3. The van der Waals surface area contributed by atoms with Gasteiger partial charge in [-0.1, -0.05) is 29.3 Å². The summed E-state index contributed by atoms with van der Waals surface area (Å²) in [4.78, 5) is 14.5. The summed E-state index contributed by atoms with van der Waals surface area (Å²) in [6.45, 7) is 3.65. The van der Waals surface area contributed by atoms with Crippen LogP contribution in [0.1, 0.15) is 28.8 Å². The minimum atomic E-state index is -0.00897. The Balaban J connectivity index is 1.47. The first-order valence-corrected chi connectivity index (χ1v) is 9.49. The molecular weight excluding hydrogens is 366 g/mol. The molecule has 1 aliphatic heterocycles. The Kier molecular flexibility index (Phi) is 6.12. The fourth-order valence-corrected chi connectivity index (χ4v) is 3.36. The second-order valence-corrected chi connectivity index (χ2v) is 7.36. The Morgan fingerprint density at radius 2 is 1.69 bits per heavy atom. The number of carbonyl (C=O) groups is 1. The van der Waals surface area contributed by atoms with Gasteiger partial charge in [0.2, 0.25) is 0 Å². The molecule has 3 rings (SSSR count). The van der Waals surface area contributed by atoms with Crippen molar-refractivity contribution < 1.29 is 4.79 Å². The van der Waals surface area contributed by atoms with E-state index in [1.54, 1.807) is 0 Å². The standard InChI is InChI=1S/C20H22ClN3OS/c1-14-2-4-15(5-3-14)19(25)22-18-10-12-24(13-11-18)20(26)23-17-8-6-16(21)7-9-17/h2-9,18H,10-13H2,1H3,(H,22,25)(H,23,26). The van der Waals surface area contributed by atoms with Crippen molar-refractivity contribution in [2.24, 2.45) is 0 Å². The average Bonchev–Trinajstić information content (AvgIpc) is 2.64. The summed E-state index contributed by atoms with van der Waals surface area (Å²) in [7, 11) is 0. The Bertz CT molecular complexity index is 769. The number of anilines is 1. The maximum Gasteiger partial charge on any atom is 0.251 e. The smallest absolute Gasteiger partial charge is 0.251 e. The number of nitrogens with one attached hydrogen (secondary N) is 2. The molecular formula is C20H22ClN3OS. The fourth-order valence-electron chi connectivity index (χ4n) is 2.94. The average molecular weight is 388 g/mol. The summed E-state index contributed by atoms with van der Waals surface area (Å²) in [5.41, 5.74) is 2.78. The third-order valence-corrected chi connectivity index (χ3v) is 5.14. The molecule has 0 saturated carbocycles. The highest BCUT2D eigenvalue weighted by molar-refractivity contribution is 7.80. The van der Waals surface area contributed by atoms with Crippen molar-refractivity contribution in [1.29, 1.82) is 0 Å². The van der Waals surface area contributed by atoms with E-state index in [1.807, 2.05) is 55.5 Å². The van der Waals surface area contributed by atoms with Gasteiger partial charge in [-0.25, -0.2) is 0 Å². The van der Waals surface area contributed by atoms with E-state index >= 15 is 0 Å². The summed E-state index contributed by atoms with van der Waals surface area (Å²) >= 11 is 11.4. The number of nitrogens with zero attached hydrogens (tertiary/aromatic N) is 1. The molecule has 0 unspecified atom stereocenters. The number of thiocarbonyl (C=S) groups is 1. The molecule has 0 aliphatic carbocycles. The van der Waals surface area contributed by atoms with Crippen LogP contribution in [0.2, 0.25) is 5.02 Å². The predicted molar refractivity (Wildman–Crippen MR) is 111 cm³/mol. The van der Waals surface area contributed by atoms with Gasteiger partial charge in [0.1, 0.15) is 0 Å². The van der Waals surface area contributed by atoms with E-state index in [-0.39, 0.29) is 11.9 Å². The first-order valence-electron chi connectivity index (χ1n) is 8.70. The van der Waals surface area contributed by atoms with E-state index in [9.17, 15) is 4.79 Å². The number of amides is 1. The molecule has 26 heavy (non-hydrogen) atoms. The number of rotatable bonds is 3. The van der Waals surface area contributed by atoms with Crippen molar-refractivity contribution in [2.75, 3.05) is 18.4 Å². The SMILES string of the molecule is Cc1ccc(C(=O)NC2CCN(C(=S)Nc3ccc(Cl)cc3)CC2)cc1. The zero-order valence-corrected chi connectivity index (χ0v) is 16.2. The van der Waals surface area contributed by atoms with Crippen molar-refractivity contribution in [3.05, 3.63) is 64.7 Å². The second kappa shape index (κ2) is 8.52. The summed E-state index contributed by atoms with van der Waals surface area (Å²) in [6.07, 6.45) is 1.75. The first-order chi connectivity index (χ1) is 12.5. The molecule has 1 heterocycles. The van der Waals surface area contributed by atoms with Crippen LogP contribution in [0.25, 0.3) is 0 Å². The van der Waals surface area contributed by atoms with Gasteiger partial charge >= 0.3 is 0 Å². The van der Waals surface area contributed by atoms with Crippen molar-refractivity contribution in [1.82, 2.24) is 10.2 Å². The summed E-state index contributed by atoms with van der Waals surface area (Å²) < 4.78 is 0.